The van der Waals surface area contributed by atoms with Crippen molar-refractivity contribution in [3.63, 3.8) is 0 Å². The van der Waals surface area contributed by atoms with Crippen LogP contribution in [0.1, 0.15) is 5.56 Å². The monoisotopic (exact) mass is 260 g/mol. The van der Waals surface area contributed by atoms with Crippen molar-refractivity contribution >= 4 is 12.0 Å². The minimum Gasteiger partial charge on any atom is -0.493 e. The number of rotatable bonds is 4. The SMILES string of the molecule is COc1ccc(/C=C(\C#N)C(=O)N(C)C)cc1OC. The molecular formula is C14H16N2O3. The molecule has 1 rings (SSSR count). The number of carbonyl (C=O) groups excluding carboxylic acids is 1. The molecular weight excluding hydrogens is 244 g/mol. The Morgan fingerprint density at radius 2 is 1.89 bits per heavy atom. The van der Waals surface area contributed by atoms with Gasteiger partial charge < -0.3 is 14.4 Å². The van der Waals surface area contributed by atoms with Crippen molar-refractivity contribution in [2.24, 2.45) is 0 Å². The lowest BCUT2D eigenvalue weighted by molar-refractivity contribution is -0.124. The van der Waals surface area contributed by atoms with Crippen molar-refractivity contribution in [2.45, 2.75) is 0 Å². The van der Waals surface area contributed by atoms with Crippen molar-refractivity contribution in [3.8, 4) is 17.6 Å². The molecule has 0 atom stereocenters. The van der Waals surface area contributed by atoms with Crippen LogP contribution >= 0.6 is 0 Å². The quantitative estimate of drug-likeness (QED) is 0.610. The van der Waals surface area contributed by atoms with Crippen molar-refractivity contribution < 1.29 is 14.3 Å². The van der Waals surface area contributed by atoms with Crippen LogP contribution in [0.3, 0.4) is 0 Å². The molecule has 1 amide bonds. The van der Waals surface area contributed by atoms with E-state index >= 15 is 0 Å². The number of nitriles is 1. The number of likely N-dealkylation sites (N-methyl/N-ethyl adjacent to an activating group) is 1. The molecule has 5 nitrogen and oxygen atoms in total. The molecule has 19 heavy (non-hydrogen) atoms. The van der Waals surface area contributed by atoms with Gasteiger partial charge in [-0.1, -0.05) is 6.07 Å². The van der Waals surface area contributed by atoms with E-state index in [-0.39, 0.29) is 11.5 Å². The van der Waals surface area contributed by atoms with Gasteiger partial charge in [0.25, 0.3) is 5.91 Å². The van der Waals surface area contributed by atoms with Crippen LogP contribution in [0.5, 0.6) is 11.5 Å². The van der Waals surface area contributed by atoms with Crippen LogP contribution < -0.4 is 9.47 Å². The van der Waals surface area contributed by atoms with Crippen molar-refractivity contribution in [1.29, 1.82) is 5.26 Å². The maximum absolute atomic E-state index is 11.7. The summed E-state index contributed by atoms with van der Waals surface area (Å²) in [6.07, 6.45) is 1.52. The second-order valence-electron chi connectivity index (χ2n) is 3.98. The molecule has 0 saturated carbocycles. The van der Waals surface area contributed by atoms with Gasteiger partial charge in [0.05, 0.1) is 14.2 Å². The molecule has 1 aromatic rings. The predicted molar refractivity (Wildman–Crippen MR) is 71.8 cm³/mol. The van der Waals surface area contributed by atoms with Gasteiger partial charge in [-0.3, -0.25) is 4.79 Å². The number of ether oxygens (including phenoxy) is 2. The Hall–Kier alpha value is -2.48. The zero-order valence-electron chi connectivity index (χ0n) is 11.4. The average Bonchev–Trinajstić information content (AvgIpc) is 2.43. The molecule has 5 heteroatoms. The third-order valence-corrected chi connectivity index (χ3v) is 2.48. The maximum Gasteiger partial charge on any atom is 0.264 e. The van der Waals surface area contributed by atoms with Gasteiger partial charge in [-0.2, -0.15) is 5.26 Å². The summed E-state index contributed by atoms with van der Waals surface area (Å²) in [6.45, 7) is 0. The van der Waals surface area contributed by atoms with Crippen molar-refractivity contribution in [3.05, 3.63) is 29.3 Å². The molecule has 0 bridgehead atoms. The molecule has 0 spiro atoms. The van der Waals surface area contributed by atoms with E-state index in [4.69, 9.17) is 14.7 Å². The van der Waals surface area contributed by atoms with Crippen molar-refractivity contribution in [2.75, 3.05) is 28.3 Å². The fourth-order valence-corrected chi connectivity index (χ4v) is 1.49. The van der Waals surface area contributed by atoms with Crippen LogP contribution in [0.25, 0.3) is 6.08 Å². The van der Waals surface area contributed by atoms with Gasteiger partial charge in [-0.25, -0.2) is 0 Å². The van der Waals surface area contributed by atoms with Gasteiger partial charge in [-0.15, -0.1) is 0 Å². The fourth-order valence-electron chi connectivity index (χ4n) is 1.49. The first-order chi connectivity index (χ1) is 9.03. The fraction of sp³-hybridized carbons (Fsp3) is 0.286. The summed E-state index contributed by atoms with van der Waals surface area (Å²) in [4.78, 5) is 13.1. The number of nitrogens with zero attached hydrogens (tertiary/aromatic N) is 2. The van der Waals surface area contributed by atoms with Crippen molar-refractivity contribution in [1.82, 2.24) is 4.90 Å². The molecule has 0 heterocycles. The number of methoxy groups -OCH3 is 2. The summed E-state index contributed by atoms with van der Waals surface area (Å²) in [5.41, 5.74) is 0.765. The van der Waals surface area contributed by atoms with E-state index in [1.807, 2.05) is 6.07 Å². The van der Waals surface area contributed by atoms with Gasteiger partial charge in [-0.05, 0) is 23.8 Å². The van der Waals surface area contributed by atoms with Gasteiger partial charge >= 0.3 is 0 Å². The molecule has 1 aromatic carbocycles. The third-order valence-electron chi connectivity index (χ3n) is 2.48. The first kappa shape index (κ1) is 14.6. The minimum absolute atomic E-state index is 0.0669. The normalized spacial score (nSPS) is 10.6. The highest BCUT2D eigenvalue weighted by Gasteiger charge is 2.11. The van der Waals surface area contributed by atoms with E-state index < -0.39 is 0 Å². The molecule has 0 saturated heterocycles. The Bertz CT molecular complexity index is 542. The maximum atomic E-state index is 11.7. The van der Waals surface area contributed by atoms with E-state index in [2.05, 4.69) is 0 Å². The second kappa shape index (κ2) is 6.45. The molecule has 0 N–H and O–H groups in total. The summed E-state index contributed by atoms with van der Waals surface area (Å²) in [5, 5.41) is 9.01. The standard InChI is InChI=1S/C14H16N2O3/c1-16(2)14(17)11(9-15)7-10-5-6-12(18-3)13(8-10)19-4/h5-8H,1-4H3/b11-7+. The smallest absolute Gasteiger partial charge is 0.264 e. The van der Waals surface area contributed by atoms with E-state index in [0.717, 1.165) is 0 Å². The molecule has 0 unspecified atom stereocenters. The summed E-state index contributed by atoms with van der Waals surface area (Å²) >= 11 is 0. The lowest BCUT2D eigenvalue weighted by Crippen LogP contribution is -2.22. The molecule has 0 aliphatic rings. The van der Waals surface area contributed by atoms with Gasteiger partial charge in [0.2, 0.25) is 0 Å². The Kier molecular flexibility index (Phi) is 4.95. The highest BCUT2D eigenvalue weighted by atomic mass is 16.5. The predicted octanol–water partition coefficient (Wildman–Crippen LogP) is 1.70. The molecule has 0 fully saturated rings. The molecule has 0 aliphatic heterocycles. The van der Waals surface area contributed by atoms with Crippen LogP contribution in [0, 0.1) is 11.3 Å². The van der Waals surface area contributed by atoms with E-state index in [1.54, 1.807) is 39.4 Å². The first-order valence-corrected chi connectivity index (χ1v) is 5.59. The zero-order chi connectivity index (χ0) is 14.4. The van der Waals surface area contributed by atoms with E-state index in [9.17, 15) is 4.79 Å². The lowest BCUT2D eigenvalue weighted by Gasteiger charge is -2.10. The average molecular weight is 260 g/mol. The Morgan fingerprint density at radius 1 is 1.26 bits per heavy atom. The topological polar surface area (TPSA) is 62.6 Å². The zero-order valence-corrected chi connectivity index (χ0v) is 11.4. The number of hydrogen-bond acceptors (Lipinski definition) is 4. The summed E-state index contributed by atoms with van der Waals surface area (Å²) < 4.78 is 10.3. The number of carbonyl (C=O) groups is 1. The summed E-state index contributed by atoms with van der Waals surface area (Å²) in [5.74, 6) is 0.806. The highest BCUT2D eigenvalue weighted by molar-refractivity contribution is 6.01. The van der Waals surface area contributed by atoms with Crippen LogP contribution in [0.15, 0.2) is 23.8 Å². The second-order valence-corrected chi connectivity index (χ2v) is 3.98. The number of amides is 1. The molecule has 0 radical (unpaired) electrons. The summed E-state index contributed by atoms with van der Waals surface area (Å²) in [7, 11) is 6.27. The molecule has 0 aliphatic carbocycles. The van der Waals surface area contributed by atoms with Gasteiger partial charge in [0.15, 0.2) is 11.5 Å². The van der Waals surface area contributed by atoms with Crippen LogP contribution in [0.4, 0.5) is 0 Å². The minimum atomic E-state index is -0.336. The van der Waals surface area contributed by atoms with Gasteiger partial charge in [0.1, 0.15) is 11.6 Å². The van der Waals surface area contributed by atoms with Gasteiger partial charge in [0, 0.05) is 14.1 Å². The summed E-state index contributed by atoms with van der Waals surface area (Å²) in [6, 6.07) is 7.08. The van der Waals surface area contributed by atoms with E-state index in [1.165, 1.54) is 18.1 Å². The third kappa shape index (κ3) is 3.49. The highest BCUT2D eigenvalue weighted by Crippen LogP contribution is 2.28. The lowest BCUT2D eigenvalue weighted by atomic mass is 10.1. The number of benzene rings is 1. The molecule has 0 aromatic heterocycles. The van der Waals surface area contributed by atoms with Crippen LogP contribution in [0.2, 0.25) is 0 Å². The number of hydrogen-bond donors (Lipinski definition) is 0. The first-order valence-electron chi connectivity index (χ1n) is 5.59. The Labute approximate surface area is 112 Å². The van der Waals surface area contributed by atoms with E-state index in [0.29, 0.717) is 17.1 Å². The largest absolute Gasteiger partial charge is 0.493 e. The molecule has 100 valence electrons. The van der Waals surface area contributed by atoms with Crippen LogP contribution in [-0.4, -0.2) is 39.1 Å². The Morgan fingerprint density at radius 3 is 2.37 bits per heavy atom. The Balaban J connectivity index is 3.17. The van der Waals surface area contributed by atoms with Crippen LogP contribution in [-0.2, 0) is 4.79 Å².